The Labute approximate surface area is 126 Å². The molecule has 2 atom stereocenters. The molecule has 3 amide bonds. The van der Waals surface area contributed by atoms with Gasteiger partial charge in [0.2, 0.25) is 17.7 Å². The maximum Gasteiger partial charge on any atom is 0.241 e. The van der Waals surface area contributed by atoms with E-state index in [1.807, 2.05) is 21.7 Å². The summed E-state index contributed by atoms with van der Waals surface area (Å²) in [5.74, 6) is -0.144. The fourth-order valence-electron chi connectivity index (χ4n) is 3.02. The maximum absolute atomic E-state index is 12.4. The highest BCUT2D eigenvalue weighted by molar-refractivity contribution is 7.08. The molecule has 0 unspecified atom stereocenters. The van der Waals surface area contributed by atoms with E-state index in [4.69, 9.17) is 0 Å². The quantitative estimate of drug-likeness (QED) is 0.873. The lowest BCUT2D eigenvalue weighted by atomic mass is 10.0. The number of rotatable bonds is 3. The lowest BCUT2D eigenvalue weighted by molar-refractivity contribution is -0.132. The van der Waals surface area contributed by atoms with Crippen molar-refractivity contribution in [1.29, 1.82) is 0 Å². The molecule has 0 aliphatic carbocycles. The molecule has 2 aliphatic rings. The average molecular weight is 307 g/mol. The summed E-state index contributed by atoms with van der Waals surface area (Å²) in [6, 6.07) is 1.95. The molecule has 2 saturated heterocycles. The van der Waals surface area contributed by atoms with Gasteiger partial charge < -0.3 is 15.1 Å². The highest BCUT2D eigenvalue weighted by atomic mass is 32.1. The Balaban J connectivity index is 1.61. The van der Waals surface area contributed by atoms with Gasteiger partial charge in [-0.1, -0.05) is 0 Å². The van der Waals surface area contributed by atoms with Crippen molar-refractivity contribution in [3.05, 3.63) is 16.8 Å². The molecule has 0 radical (unpaired) electrons. The van der Waals surface area contributed by atoms with Crippen LogP contribution in [-0.4, -0.2) is 48.8 Å². The first-order valence-electron chi connectivity index (χ1n) is 6.92. The van der Waals surface area contributed by atoms with Crippen LogP contribution in [0.2, 0.25) is 0 Å². The lowest BCUT2D eigenvalue weighted by Crippen LogP contribution is -2.40. The second kappa shape index (κ2) is 5.48. The monoisotopic (exact) mass is 307 g/mol. The SMILES string of the molecule is CC(=O)NCC(=O)N1C[C@H]2CN(c3ccsc3)C(=O)[C@@H]2C1. The van der Waals surface area contributed by atoms with Crippen LogP contribution in [0.3, 0.4) is 0 Å². The number of carbonyl (C=O) groups excluding carboxylic acids is 3. The van der Waals surface area contributed by atoms with E-state index in [0.29, 0.717) is 19.6 Å². The predicted octanol–water partition coefficient (Wildman–Crippen LogP) is 0.305. The van der Waals surface area contributed by atoms with E-state index in [-0.39, 0.29) is 36.1 Å². The van der Waals surface area contributed by atoms with Gasteiger partial charge in [-0.2, -0.15) is 11.3 Å². The van der Waals surface area contributed by atoms with Crippen molar-refractivity contribution in [2.24, 2.45) is 11.8 Å². The van der Waals surface area contributed by atoms with Crippen molar-refractivity contribution in [2.45, 2.75) is 6.92 Å². The predicted molar refractivity (Wildman–Crippen MR) is 78.9 cm³/mol. The topological polar surface area (TPSA) is 69.7 Å². The zero-order chi connectivity index (χ0) is 15.0. The first-order valence-corrected chi connectivity index (χ1v) is 7.86. The van der Waals surface area contributed by atoms with E-state index in [0.717, 1.165) is 5.69 Å². The molecule has 0 saturated carbocycles. The highest BCUT2D eigenvalue weighted by Gasteiger charge is 2.47. The van der Waals surface area contributed by atoms with Gasteiger partial charge >= 0.3 is 0 Å². The summed E-state index contributed by atoms with van der Waals surface area (Å²) < 4.78 is 0. The molecule has 112 valence electrons. The van der Waals surface area contributed by atoms with Gasteiger partial charge in [0.1, 0.15) is 0 Å². The van der Waals surface area contributed by atoms with Crippen molar-refractivity contribution in [3.63, 3.8) is 0 Å². The zero-order valence-electron chi connectivity index (χ0n) is 11.7. The molecule has 0 spiro atoms. The molecule has 0 aromatic carbocycles. The van der Waals surface area contributed by atoms with Crippen LogP contribution in [0.4, 0.5) is 5.69 Å². The number of nitrogens with one attached hydrogen (secondary N) is 1. The van der Waals surface area contributed by atoms with E-state index < -0.39 is 0 Å². The minimum absolute atomic E-state index is 0.0111. The summed E-state index contributed by atoms with van der Waals surface area (Å²) in [6.45, 7) is 3.12. The van der Waals surface area contributed by atoms with E-state index in [1.54, 1.807) is 16.2 Å². The third kappa shape index (κ3) is 2.65. The number of likely N-dealkylation sites (tertiary alicyclic amines) is 1. The number of anilines is 1. The molecule has 1 aromatic rings. The molecule has 3 heterocycles. The third-order valence-electron chi connectivity index (χ3n) is 4.10. The fraction of sp³-hybridized carbons (Fsp3) is 0.500. The first kappa shape index (κ1) is 14.1. The van der Waals surface area contributed by atoms with Crippen molar-refractivity contribution >= 4 is 34.7 Å². The van der Waals surface area contributed by atoms with Crippen LogP contribution in [0.25, 0.3) is 0 Å². The molecular weight excluding hydrogens is 290 g/mol. The number of hydrogen-bond donors (Lipinski definition) is 1. The van der Waals surface area contributed by atoms with Gasteiger partial charge in [-0.25, -0.2) is 0 Å². The van der Waals surface area contributed by atoms with Gasteiger partial charge in [-0.15, -0.1) is 0 Å². The summed E-state index contributed by atoms with van der Waals surface area (Å²) >= 11 is 1.57. The van der Waals surface area contributed by atoms with Crippen LogP contribution in [0.15, 0.2) is 16.8 Å². The van der Waals surface area contributed by atoms with Crippen molar-refractivity contribution in [1.82, 2.24) is 10.2 Å². The second-order valence-electron chi connectivity index (χ2n) is 5.51. The summed E-state index contributed by atoms with van der Waals surface area (Å²) in [7, 11) is 0. The van der Waals surface area contributed by atoms with Crippen molar-refractivity contribution in [2.75, 3.05) is 31.1 Å². The Hall–Kier alpha value is -1.89. The largest absolute Gasteiger partial charge is 0.347 e. The van der Waals surface area contributed by atoms with Crippen LogP contribution in [0.1, 0.15) is 6.92 Å². The number of fused-ring (bicyclic) bond motifs is 1. The standard InChI is InChI=1S/C14H17N3O3S/c1-9(18)15-4-13(19)16-5-10-6-17(11-2-3-21-8-11)14(20)12(10)7-16/h2-3,8,10,12H,4-7H2,1H3,(H,15,18)/t10-,12+/m0/s1. The second-order valence-corrected chi connectivity index (χ2v) is 6.29. The Morgan fingerprint density at radius 3 is 2.81 bits per heavy atom. The van der Waals surface area contributed by atoms with Gasteiger partial charge in [0.25, 0.3) is 0 Å². The summed E-state index contributed by atoms with van der Waals surface area (Å²) in [4.78, 5) is 38.8. The Morgan fingerprint density at radius 2 is 2.19 bits per heavy atom. The molecule has 1 N–H and O–H groups in total. The normalized spacial score (nSPS) is 24.3. The third-order valence-corrected chi connectivity index (χ3v) is 4.77. The minimum Gasteiger partial charge on any atom is -0.347 e. The van der Waals surface area contributed by atoms with Crippen LogP contribution in [-0.2, 0) is 14.4 Å². The molecule has 21 heavy (non-hydrogen) atoms. The maximum atomic E-state index is 12.4. The number of thiophene rings is 1. The van der Waals surface area contributed by atoms with Crippen LogP contribution < -0.4 is 10.2 Å². The number of nitrogens with zero attached hydrogens (tertiary/aromatic N) is 2. The average Bonchev–Trinajstić information content (AvgIpc) is 3.13. The van der Waals surface area contributed by atoms with Crippen molar-refractivity contribution < 1.29 is 14.4 Å². The van der Waals surface area contributed by atoms with E-state index in [1.165, 1.54) is 6.92 Å². The molecule has 3 rings (SSSR count). The highest BCUT2D eigenvalue weighted by Crippen LogP contribution is 2.35. The Bertz CT molecular complexity index is 572. The smallest absolute Gasteiger partial charge is 0.241 e. The lowest BCUT2D eigenvalue weighted by Gasteiger charge is -2.21. The van der Waals surface area contributed by atoms with Gasteiger partial charge in [0.15, 0.2) is 0 Å². The summed E-state index contributed by atoms with van der Waals surface area (Å²) in [6.07, 6.45) is 0. The van der Waals surface area contributed by atoms with E-state index >= 15 is 0 Å². The Kier molecular flexibility index (Phi) is 3.67. The Morgan fingerprint density at radius 1 is 1.38 bits per heavy atom. The molecule has 0 bridgehead atoms. The molecule has 2 fully saturated rings. The van der Waals surface area contributed by atoms with Gasteiger partial charge in [0, 0.05) is 37.9 Å². The fourth-order valence-corrected chi connectivity index (χ4v) is 3.66. The van der Waals surface area contributed by atoms with Gasteiger partial charge in [0.05, 0.1) is 18.2 Å². The van der Waals surface area contributed by atoms with E-state index in [9.17, 15) is 14.4 Å². The molecule has 7 heteroatoms. The van der Waals surface area contributed by atoms with E-state index in [2.05, 4.69) is 5.32 Å². The molecule has 2 aliphatic heterocycles. The number of hydrogen-bond acceptors (Lipinski definition) is 4. The number of carbonyl (C=O) groups is 3. The minimum atomic E-state index is -0.220. The van der Waals surface area contributed by atoms with Crippen LogP contribution in [0, 0.1) is 11.8 Å². The molecule has 6 nitrogen and oxygen atoms in total. The van der Waals surface area contributed by atoms with Crippen LogP contribution >= 0.6 is 11.3 Å². The van der Waals surface area contributed by atoms with Crippen LogP contribution in [0.5, 0.6) is 0 Å². The van der Waals surface area contributed by atoms with Gasteiger partial charge in [-0.05, 0) is 11.4 Å². The first-order chi connectivity index (χ1) is 10.1. The molecule has 1 aromatic heterocycles. The van der Waals surface area contributed by atoms with Crippen molar-refractivity contribution in [3.8, 4) is 0 Å². The molecular formula is C14H17N3O3S. The van der Waals surface area contributed by atoms with Gasteiger partial charge in [-0.3, -0.25) is 14.4 Å². The summed E-state index contributed by atoms with van der Waals surface area (Å²) in [5, 5.41) is 6.44. The summed E-state index contributed by atoms with van der Waals surface area (Å²) in [5.41, 5.74) is 0.954. The zero-order valence-corrected chi connectivity index (χ0v) is 12.6. The number of amides is 3.